The molecule has 0 atom stereocenters. The van der Waals surface area contributed by atoms with E-state index in [2.05, 4.69) is 5.32 Å². The van der Waals surface area contributed by atoms with Crippen LogP contribution in [-0.4, -0.2) is 27.9 Å². The van der Waals surface area contributed by atoms with Crippen molar-refractivity contribution in [3.05, 3.63) is 77.5 Å². The van der Waals surface area contributed by atoms with E-state index in [1.807, 2.05) is 55.1 Å². The highest BCUT2D eigenvalue weighted by Crippen LogP contribution is 2.14. The van der Waals surface area contributed by atoms with Gasteiger partial charge in [0.2, 0.25) is 0 Å². The molecule has 0 saturated carbocycles. The number of benzene rings is 2. The molecule has 2 aromatic carbocycles. The Morgan fingerprint density at radius 1 is 1.15 bits per heavy atom. The zero-order valence-electron chi connectivity index (χ0n) is 15.2. The third-order valence-electron chi connectivity index (χ3n) is 3.92. The Morgan fingerprint density at radius 3 is 2.30 bits per heavy atom. The number of hydrogen-bond acceptors (Lipinski definition) is 4. The van der Waals surface area contributed by atoms with Gasteiger partial charge in [0.25, 0.3) is 5.91 Å². The number of carbonyl (C=O) groups excluding carboxylic acids is 1. The lowest BCUT2D eigenvalue weighted by Gasteiger charge is -2.25. The number of carbonyl (C=O) groups is 2. The molecule has 0 aromatic heterocycles. The maximum atomic E-state index is 12.4. The molecule has 2 rings (SSSR count). The Bertz CT molecular complexity index is 866. The molecule has 138 valence electrons. The van der Waals surface area contributed by atoms with Gasteiger partial charge in [0.15, 0.2) is 0 Å². The molecule has 2 aromatic rings. The number of nitriles is 1. The summed E-state index contributed by atoms with van der Waals surface area (Å²) < 4.78 is 0. The van der Waals surface area contributed by atoms with Gasteiger partial charge < -0.3 is 15.3 Å². The summed E-state index contributed by atoms with van der Waals surface area (Å²) in [5.74, 6) is -1.58. The predicted molar refractivity (Wildman–Crippen MR) is 103 cm³/mol. The number of rotatable bonds is 7. The summed E-state index contributed by atoms with van der Waals surface area (Å²) in [5.41, 5.74) is 1.59. The molecule has 6 heteroatoms. The second-order valence-electron chi connectivity index (χ2n) is 6.24. The van der Waals surface area contributed by atoms with Crippen LogP contribution in [0.4, 0.5) is 5.69 Å². The van der Waals surface area contributed by atoms with Gasteiger partial charge in [-0.05, 0) is 43.7 Å². The fourth-order valence-electron chi connectivity index (χ4n) is 2.37. The molecule has 27 heavy (non-hydrogen) atoms. The summed E-state index contributed by atoms with van der Waals surface area (Å²) >= 11 is 0. The summed E-state index contributed by atoms with van der Waals surface area (Å²) in [6, 6.07) is 17.6. The van der Waals surface area contributed by atoms with Crippen LogP contribution in [0, 0.1) is 11.3 Å². The molecule has 0 aliphatic carbocycles. The number of carboxylic acids is 1. The first-order chi connectivity index (χ1) is 12.9. The van der Waals surface area contributed by atoms with Crippen LogP contribution in [0.3, 0.4) is 0 Å². The molecule has 2 N–H and O–H groups in total. The van der Waals surface area contributed by atoms with Crippen molar-refractivity contribution < 1.29 is 14.7 Å². The van der Waals surface area contributed by atoms with E-state index in [1.165, 1.54) is 24.3 Å². The molecule has 0 bridgehead atoms. The lowest BCUT2D eigenvalue weighted by Crippen LogP contribution is -2.27. The van der Waals surface area contributed by atoms with Gasteiger partial charge in [-0.15, -0.1) is 0 Å². The number of amides is 1. The van der Waals surface area contributed by atoms with E-state index < -0.39 is 11.9 Å². The van der Waals surface area contributed by atoms with Crippen LogP contribution in [0.1, 0.15) is 29.8 Å². The van der Waals surface area contributed by atoms with Gasteiger partial charge in [-0.25, -0.2) is 4.79 Å². The van der Waals surface area contributed by atoms with E-state index in [9.17, 15) is 14.9 Å². The Kier molecular flexibility index (Phi) is 6.73. The fourth-order valence-corrected chi connectivity index (χ4v) is 2.37. The van der Waals surface area contributed by atoms with Crippen molar-refractivity contribution in [2.45, 2.75) is 26.4 Å². The standard InChI is InChI=1S/C21H21N3O3/c1-15(2)24(13-16-6-4-3-5-7-16)14-18(12-22)20(25)23-19-10-8-17(9-11-19)21(26)27/h3-11,14-15H,13H2,1-2H3,(H,23,25)(H,26,27)/b18-14-. The number of nitrogens with one attached hydrogen (secondary N) is 1. The minimum atomic E-state index is -1.04. The summed E-state index contributed by atoms with van der Waals surface area (Å²) in [6.45, 7) is 4.54. The van der Waals surface area contributed by atoms with E-state index in [4.69, 9.17) is 5.11 Å². The highest BCUT2D eigenvalue weighted by Gasteiger charge is 2.14. The van der Waals surface area contributed by atoms with E-state index >= 15 is 0 Å². The van der Waals surface area contributed by atoms with Crippen molar-refractivity contribution in [1.29, 1.82) is 5.26 Å². The van der Waals surface area contributed by atoms with Crippen molar-refractivity contribution in [3.8, 4) is 6.07 Å². The van der Waals surface area contributed by atoms with Crippen LogP contribution in [0.2, 0.25) is 0 Å². The summed E-state index contributed by atoms with van der Waals surface area (Å²) in [4.78, 5) is 25.2. The smallest absolute Gasteiger partial charge is 0.335 e. The number of carboxylic acid groups (broad SMARTS) is 1. The Balaban J connectivity index is 2.15. The molecule has 0 spiro atoms. The first-order valence-corrected chi connectivity index (χ1v) is 8.47. The quantitative estimate of drug-likeness (QED) is 0.579. The van der Waals surface area contributed by atoms with Crippen molar-refractivity contribution in [3.63, 3.8) is 0 Å². The number of anilines is 1. The molecular weight excluding hydrogens is 342 g/mol. The fraction of sp³-hybridized carbons (Fsp3) is 0.190. The maximum Gasteiger partial charge on any atom is 0.335 e. The van der Waals surface area contributed by atoms with E-state index in [0.717, 1.165) is 5.56 Å². The largest absolute Gasteiger partial charge is 0.478 e. The van der Waals surface area contributed by atoms with Crippen LogP contribution in [0.25, 0.3) is 0 Å². The van der Waals surface area contributed by atoms with Gasteiger partial charge in [0.05, 0.1) is 5.56 Å². The van der Waals surface area contributed by atoms with Crippen molar-refractivity contribution in [1.82, 2.24) is 4.90 Å². The molecule has 0 heterocycles. The second-order valence-corrected chi connectivity index (χ2v) is 6.24. The molecule has 0 radical (unpaired) electrons. The highest BCUT2D eigenvalue weighted by molar-refractivity contribution is 6.06. The van der Waals surface area contributed by atoms with Gasteiger partial charge >= 0.3 is 5.97 Å². The highest BCUT2D eigenvalue weighted by atomic mass is 16.4. The van der Waals surface area contributed by atoms with E-state index in [-0.39, 0.29) is 17.2 Å². The molecule has 6 nitrogen and oxygen atoms in total. The Labute approximate surface area is 158 Å². The van der Waals surface area contributed by atoms with Crippen LogP contribution in [0.15, 0.2) is 66.4 Å². The molecular formula is C21H21N3O3. The molecule has 0 saturated heterocycles. The van der Waals surface area contributed by atoms with Crippen molar-refractivity contribution in [2.75, 3.05) is 5.32 Å². The predicted octanol–water partition coefficient (Wildman–Crippen LogP) is 3.64. The van der Waals surface area contributed by atoms with Crippen LogP contribution < -0.4 is 5.32 Å². The number of aromatic carboxylic acids is 1. The van der Waals surface area contributed by atoms with Gasteiger partial charge in [-0.3, -0.25) is 4.79 Å². The van der Waals surface area contributed by atoms with Gasteiger partial charge in [-0.1, -0.05) is 30.3 Å². The van der Waals surface area contributed by atoms with Crippen molar-refractivity contribution >= 4 is 17.6 Å². The van der Waals surface area contributed by atoms with Gasteiger partial charge in [-0.2, -0.15) is 5.26 Å². The minimum Gasteiger partial charge on any atom is -0.478 e. The van der Waals surface area contributed by atoms with Gasteiger partial charge in [0.1, 0.15) is 11.6 Å². The summed E-state index contributed by atoms with van der Waals surface area (Å²) in [5, 5.41) is 20.9. The van der Waals surface area contributed by atoms with Crippen LogP contribution in [0.5, 0.6) is 0 Å². The molecule has 1 amide bonds. The molecule has 0 fully saturated rings. The third-order valence-corrected chi connectivity index (χ3v) is 3.92. The molecule has 0 aliphatic heterocycles. The first kappa shape index (κ1) is 19.7. The molecule has 0 unspecified atom stereocenters. The van der Waals surface area contributed by atoms with Crippen LogP contribution >= 0.6 is 0 Å². The molecule has 0 aliphatic rings. The Hall–Kier alpha value is -3.59. The van der Waals surface area contributed by atoms with Crippen molar-refractivity contribution in [2.24, 2.45) is 0 Å². The van der Waals surface area contributed by atoms with E-state index in [1.54, 1.807) is 6.20 Å². The number of nitrogens with zero attached hydrogens (tertiary/aromatic N) is 2. The lowest BCUT2D eigenvalue weighted by molar-refractivity contribution is -0.112. The number of hydrogen-bond donors (Lipinski definition) is 2. The Morgan fingerprint density at radius 2 is 1.78 bits per heavy atom. The second kappa shape index (κ2) is 9.20. The SMILES string of the molecule is CC(C)N(/C=C(/C#N)C(=O)Nc1ccc(C(=O)O)cc1)Cc1ccccc1. The first-order valence-electron chi connectivity index (χ1n) is 8.47. The average Bonchev–Trinajstić information content (AvgIpc) is 2.66. The lowest BCUT2D eigenvalue weighted by atomic mass is 10.1. The summed E-state index contributed by atoms with van der Waals surface area (Å²) in [6.07, 6.45) is 1.55. The monoisotopic (exact) mass is 363 g/mol. The third kappa shape index (κ3) is 5.72. The van der Waals surface area contributed by atoms with E-state index in [0.29, 0.717) is 12.2 Å². The minimum absolute atomic E-state index is 0.0260. The topological polar surface area (TPSA) is 93.4 Å². The average molecular weight is 363 g/mol. The normalized spacial score (nSPS) is 11.0. The zero-order chi connectivity index (χ0) is 19.8. The summed E-state index contributed by atoms with van der Waals surface area (Å²) in [7, 11) is 0. The van der Waals surface area contributed by atoms with Gasteiger partial charge in [0, 0.05) is 24.5 Å². The maximum absolute atomic E-state index is 12.4. The van der Waals surface area contributed by atoms with Crippen LogP contribution in [-0.2, 0) is 11.3 Å². The zero-order valence-corrected chi connectivity index (χ0v) is 15.2.